The first kappa shape index (κ1) is 8.77. The lowest BCUT2D eigenvalue weighted by Crippen LogP contribution is -2.56. The molecular formula is C6H8F4N. The summed E-state index contributed by atoms with van der Waals surface area (Å²) < 4.78 is 47.1. The van der Waals surface area contributed by atoms with E-state index in [1.165, 1.54) is 4.90 Å². The Balaban J connectivity index is 2.05. The molecule has 0 aliphatic carbocycles. The van der Waals surface area contributed by atoms with Crippen LogP contribution in [0, 0.1) is 6.43 Å². The van der Waals surface area contributed by atoms with E-state index in [0.29, 0.717) is 0 Å². The topological polar surface area (TPSA) is 3.24 Å². The molecule has 1 heterocycles. The third-order valence-corrected chi connectivity index (χ3v) is 1.53. The van der Waals surface area contributed by atoms with Gasteiger partial charge in [-0.2, -0.15) is 8.78 Å². The highest BCUT2D eigenvalue weighted by molar-refractivity contribution is 4.87. The minimum Gasteiger partial charge on any atom is -0.291 e. The largest absolute Gasteiger partial charge is 0.311 e. The van der Waals surface area contributed by atoms with Gasteiger partial charge in [-0.1, -0.05) is 0 Å². The summed E-state index contributed by atoms with van der Waals surface area (Å²) in [6, 6.07) is 0. The van der Waals surface area contributed by atoms with Gasteiger partial charge in [-0.15, -0.1) is 0 Å². The van der Waals surface area contributed by atoms with E-state index in [9.17, 15) is 17.6 Å². The van der Waals surface area contributed by atoms with Gasteiger partial charge in [0.25, 0.3) is 5.92 Å². The highest BCUT2D eigenvalue weighted by Crippen LogP contribution is 2.27. The van der Waals surface area contributed by atoms with Gasteiger partial charge >= 0.3 is 6.43 Å². The van der Waals surface area contributed by atoms with E-state index >= 15 is 0 Å². The zero-order chi connectivity index (χ0) is 8.48. The molecule has 1 aliphatic rings. The first-order valence-corrected chi connectivity index (χ1v) is 3.27. The van der Waals surface area contributed by atoms with Crippen molar-refractivity contribution >= 4 is 0 Å². The lowest BCUT2D eigenvalue weighted by molar-refractivity contribution is -0.131. The molecule has 0 saturated carbocycles. The molecule has 1 saturated heterocycles. The Labute approximate surface area is 62.0 Å². The van der Waals surface area contributed by atoms with Crippen LogP contribution in [0.15, 0.2) is 0 Å². The van der Waals surface area contributed by atoms with Gasteiger partial charge in [0.05, 0.1) is 13.1 Å². The van der Waals surface area contributed by atoms with Crippen LogP contribution < -0.4 is 0 Å². The standard InChI is InChI=1S/C6H8F4N/c7-5(8)1-2-11-3-6(9,10)4-11/h1-4H2. The van der Waals surface area contributed by atoms with Gasteiger partial charge < -0.3 is 0 Å². The summed E-state index contributed by atoms with van der Waals surface area (Å²) in [6.07, 6.45) is -2.09. The summed E-state index contributed by atoms with van der Waals surface area (Å²) in [6.45, 7) is -0.710. The molecule has 0 aromatic carbocycles. The number of nitrogens with zero attached hydrogens (tertiary/aromatic N) is 1. The molecular weight excluding hydrogens is 162 g/mol. The molecule has 11 heavy (non-hydrogen) atoms. The minimum atomic E-state index is -2.65. The van der Waals surface area contributed by atoms with Crippen molar-refractivity contribution in [1.82, 2.24) is 4.90 Å². The monoisotopic (exact) mass is 170 g/mol. The molecule has 0 aromatic rings. The average molecular weight is 170 g/mol. The number of alkyl halides is 2. The normalized spacial score (nSPS) is 23.7. The van der Waals surface area contributed by atoms with Crippen LogP contribution in [0.5, 0.6) is 0 Å². The van der Waals surface area contributed by atoms with Gasteiger partial charge in [-0.05, 0) is 0 Å². The fourth-order valence-corrected chi connectivity index (χ4v) is 1.01. The summed E-state index contributed by atoms with van der Waals surface area (Å²) in [5.74, 6) is -2.65. The molecule has 0 spiro atoms. The van der Waals surface area contributed by atoms with Crippen LogP contribution in [-0.4, -0.2) is 30.5 Å². The van der Waals surface area contributed by atoms with Gasteiger partial charge in [-0.3, -0.25) is 4.90 Å². The van der Waals surface area contributed by atoms with Crippen LogP contribution in [-0.2, 0) is 0 Å². The molecule has 0 unspecified atom stereocenters. The quantitative estimate of drug-likeness (QED) is 0.583. The second-order valence-corrected chi connectivity index (χ2v) is 2.66. The van der Waals surface area contributed by atoms with Crippen molar-refractivity contribution < 1.29 is 17.6 Å². The van der Waals surface area contributed by atoms with Crippen LogP contribution >= 0.6 is 0 Å². The van der Waals surface area contributed by atoms with Gasteiger partial charge in [0.15, 0.2) is 0 Å². The Morgan fingerprint density at radius 2 is 1.82 bits per heavy atom. The van der Waals surface area contributed by atoms with Crippen LogP contribution in [0.1, 0.15) is 6.42 Å². The Hall–Kier alpha value is -0.320. The highest BCUT2D eigenvalue weighted by atomic mass is 19.3. The minimum absolute atomic E-state index is 0.0396. The molecule has 1 nitrogen and oxygen atoms in total. The van der Waals surface area contributed by atoms with Crippen LogP contribution in [0.25, 0.3) is 0 Å². The molecule has 1 radical (unpaired) electrons. The second kappa shape index (κ2) is 2.97. The molecule has 0 bridgehead atoms. The molecule has 65 valence electrons. The molecule has 0 atom stereocenters. The van der Waals surface area contributed by atoms with Crippen LogP contribution in [0.2, 0.25) is 0 Å². The van der Waals surface area contributed by atoms with E-state index < -0.39 is 18.8 Å². The number of likely N-dealkylation sites (tertiary alicyclic amines) is 1. The predicted octanol–water partition coefficient (Wildman–Crippen LogP) is 1.76. The van der Waals surface area contributed by atoms with Gasteiger partial charge in [-0.25, -0.2) is 8.78 Å². The lowest BCUT2D eigenvalue weighted by atomic mass is 10.1. The van der Waals surface area contributed by atoms with Crippen molar-refractivity contribution in [1.29, 1.82) is 0 Å². The third kappa shape index (κ3) is 2.65. The average Bonchev–Trinajstić information content (AvgIpc) is 1.78. The van der Waals surface area contributed by atoms with Gasteiger partial charge in [0, 0.05) is 13.0 Å². The van der Waals surface area contributed by atoms with E-state index in [1.54, 1.807) is 0 Å². The fourth-order valence-electron chi connectivity index (χ4n) is 1.01. The van der Waals surface area contributed by atoms with E-state index in [2.05, 4.69) is 0 Å². The Bertz CT molecular complexity index is 129. The Kier molecular flexibility index (Phi) is 2.37. The zero-order valence-corrected chi connectivity index (χ0v) is 5.79. The molecule has 1 fully saturated rings. The predicted molar refractivity (Wildman–Crippen MR) is 31.5 cm³/mol. The lowest BCUT2D eigenvalue weighted by Gasteiger charge is -2.38. The SMILES string of the molecule is F[C](F)CCN1CC(F)(F)C1. The maximum Gasteiger partial charge on any atom is 0.311 e. The second-order valence-electron chi connectivity index (χ2n) is 2.66. The van der Waals surface area contributed by atoms with Crippen molar-refractivity contribution in [3.8, 4) is 0 Å². The number of hydrogen-bond acceptors (Lipinski definition) is 1. The fraction of sp³-hybridized carbons (Fsp3) is 0.833. The van der Waals surface area contributed by atoms with Crippen molar-refractivity contribution in [3.63, 3.8) is 0 Å². The summed E-state index contributed by atoms with van der Waals surface area (Å²) in [5, 5.41) is 0. The van der Waals surface area contributed by atoms with Crippen LogP contribution in [0.4, 0.5) is 17.6 Å². The molecule has 5 heteroatoms. The first-order valence-electron chi connectivity index (χ1n) is 3.27. The maximum atomic E-state index is 12.1. The molecule has 1 aliphatic heterocycles. The maximum absolute atomic E-state index is 12.1. The van der Waals surface area contributed by atoms with Gasteiger partial charge in [0.2, 0.25) is 0 Å². The Morgan fingerprint density at radius 1 is 1.27 bits per heavy atom. The number of hydrogen-bond donors (Lipinski definition) is 0. The molecule has 0 amide bonds. The van der Waals surface area contributed by atoms with Crippen molar-refractivity contribution in [2.45, 2.75) is 12.3 Å². The van der Waals surface area contributed by atoms with E-state index in [-0.39, 0.29) is 19.6 Å². The van der Waals surface area contributed by atoms with Crippen LogP contribution in [0.3, 0.4) is 0 Å². The van der Waals surface area contributed by atoms with Crippen molar-refractivity contribution in [2.75, 3.05) is 19.6 Å². The molecule has 0 aromatic heterocycles. The number of rotatable bonds is 3. The smallest absolute Gasteiger partial charge is 0.291 e. The summed E-state index contributed by atoms with van der Waals surface area (Å²) >= 11 is 0. The van der Waals surface area contributed by atoms with Crippen molar-refractivity contribution in [2.24, 2.45) is 0 Å². The van der Waals surface area contributed by atoms with E-state index in [4.69, 9.17) is 0 Å². The Morgan fingerprint density at radius 3 is 2.18 bits per heavy atom. The zero-order valence-electron chi connectivity index (χ0n) is 5.79. The summed E-state index contributed by atoms with van der Waals surface area (Å²) in [7, 11) is 0. The van der Waals surface area contributed by atoms with E-state index in [0.717, 1.165) is 0 Å². The molecule has 0 N–H and O–H groups in total. The first-order chi connectivity index (χ1) is 4.99. The molecule has 1 rings (SSSR count). The highest BCUT2D eigenvalue weighted by Gasteiger charge is 2.43. The summed E-state index contributed by atoms with van der Waals surface area (Å²) in [5.41, 5.74) is 0. The van der Waals surface area contributed by atoms with Gasteiger partial charge in [0.1, 0.15) is 0 Å². The van der Waals surface area contributed by atoms with Crippen molar-refractivity contribution in [3.05, 3.63) is 6.43 Å². The third-order valence-electron chi connectivity index (χ3n) is 1.53. The number of halogens is 4. The van der Waals surface area contributed by atoms with E-state index in [1.807, 2.05) is 0 Å². The summed E-state index contributed by atoms with van der Waals surface area (Å²) in [4.78, 5) is 1.30.